The van der Waals surface area contributed by atoms with Gasteiger partial charge in [-0.05, 0) is 0 Å². The van der Waals surface area contributed by atoms with E-state index in [9.17, 15) is 19.1 Å². The van der Waals surface area contributed by atoms with Crippen LogP contribution in [0.25, 0.3) is 0 Å². The van der Waals surface area contributed by atoms with Crippen molar-refractivity contribution in [3.63, 3.8) is 0 Å². The molecule has 0 aromatic heterocycles. The number of hydrogen-bond donors (Lipinski definition) is 2. The van der Waals surface area contributed by atoms with Crippen LogP contribution in [0.2, 0.25) is 0 Å². The van der Waals surface area contributed by atoms with Gasteiger partial charge in [-0.2, -0.15) is 0 Å². The molecule has 66 valence electrons. The van der Waals surface area contributed by atoms with Crippen molar-refractivity contribution in [1.82, 2.24) is 0 Å². The molecule has 0 radical (unpaired) electrons. The van der Waals surface area contributed by atoms with E-state index < -0.39 is 26.5 Å². The third-order valence-electron chi connectivity index (χ3n) is 0.698. The predicted octanol–water partition coefficient (Wildman–Crippen LogP) is -8.71. The van der Waals surface area contributed by atoms with Gasteiger partial charge < -0.3 is 29.1 Å². The molecule has 0 bridgehead atoms. The van der Waals surface area contributed by atoms with Crippen molar-refractivity contribution in [2.45, 2.75) is 6.10 Å². The fourth-order valence-corrected chi connectivity index (χ4v) is 0.781. The molecule has 13 heavy (non-hydrogen) atoms. The second kappa shape index (κ2) is 8.82. The van der Waals surface area contributed by atoms with Gasteiger partial charge in [0.25, 0.3) is 0 Å². The van der Waals surface area contributed by atoms with Crippen LogP contribution >= 0.6 is 7.82 Å². The van der Waals surface area contributed by atoms with Crippen molar-refractivity contribution in [2.24, 2.45) is 0 Å². The first-order valence-electron chi connectivity index (χ1n) is 2.41. The van der Waals surface area contributed by atoms with Gasteiger partial charge in [0.1, 0.15) is 0 Å². The molecule has 0 amide bonds. The molecule has 10 heteroatoms. The molecule has 7 nitrogen and oxygen atoms in total. The maximum atomic E-state index is 9.92. The number of aliphatic hydroxyl groups is 1. The van der Waals surface area contributed by atoms with Crippen molar-refractivity contribution in [2.75, 3.05) is 6.61 Å². The Labute approximate surface area is 118 Å². The summed E-state index contributed by atoms with van der Waals surface area (Å²) in [7, 11) is -5.33. The molecule has 0 unspecified atom stereocenters. The van der Waals surface area contributed by atoms with Crippen LogP contribution in [0.1, 0.15) is 0 Å². The molecule has 0 saturated heterocycles. The summed E-state index contributed by atoms with van der Waals surface area (Å²) in [5.74, 6) is -1.71. The van der Waals surface area contributed by atoms with E-state index in [4.69, 9.17) is 10.2 Å². The van der Waals surface area contributed by atoms with Crippen molar-refractivity contribution >= 4 is 13.8 Å². The Morgan fingerprint density at radius 1 is 1.46 bits per heavy atom. The summed E-state index contributed by atoms with van der Waals surface area (Å²) in [4.78, 5) is 29.5. The Morgan fingerprint density at radius 2 is 1.85 bits per heavy atom. The fourth-order valence-electron chi connectivity index (χ4n) is 0.312. The maximum absolute atomic E-state index is 9.92. The predicted molar refractivity (Wildman–Crippen MR) is 27.2 cm³/mol. The van der Waals surface area contributed by atoms with Crippen molar-refractivity contribution in [3.8, 4) is 0 Å². The quantitative estimate of drug-likeness (QED) is 0.362. The minimum absolute atomic E-state index is 0. The van der Waals surface area contributed by atoms with Crippen molar-refractivity contribution < 1.29 is 93.0 Å². The zero-order chi connectivity index (χ0) is 9.07. The molecule has 0 aliphatic heterocycles. The zero-order valence-corrected chi connectivity index (χ0v) is 12.1. The minimum atomic E-state index is -5.33. The maximum Gasteiger partial charge on any atom is 1.00 e. The topological polar surface area (TPSA) is 130 Å². The minimum Gasteiger partial charge on any atom is -0.790 e. The first kappa shape index (κ1) is 20.0. The number of aliphatic carboxylic acids is 1. The summed E-state index contributed by atoms with van der Waals surface area (Å²) in [5, 5.41) is 16.2. The summed E-state index contributed by atoms with van der Waals surface area (Å²) >= 11 is 0. The van der Waals surface area contributed by atoms with Gasteiger partial charge in [0, 0.05) is 0 Å². The molecule has 0 rings (SSSR count). The Kier molecular flexibility index (Phi) is 13.6. The Morgan fingerprint density at radius 3 is 1.92 bits per heavy atom. The number of phosphoric acid groups is 1. The largest absolute Gasteiger partial charge is 1.00 e. The average Bonchev–Trinajstić information content (AvgIpc) is 1.80. The number of hydrogen-bond acceptors (Lipinski definition) is 6. The van der Waals surface area contributed by atoms with E-state index in [-0.39, 0.29) is 59.1 Å². The molecule has 0 aromatic carbocycles. The van der Waals surface area contributed by atoms with Crippen molar-refractivity contribution in [3.05, 3.63) is 0 Å². The normalized spacial score (nSPS) is 12.2. The van der Waals surface area contributed by atoms with E-state index in [1.54, 1.807) is 0 Å². The van der Waals surface area contributed by atoms with Gasteiger partial charge in [-0.15, -0.1) is 0 Å². The number of carboxylic acid groups (broad SMARTS) is 1. The van der Waals surface area contributed by atoms with Crippen LogP contribution < -0.4 is 68.9 Å². The molecule has 0 heterocycles. The molecular formula is C3H5Na2O7P. The van der Waals surface area contributed by atoms with Gasteiger partial charge in [0.15, 0.2) is 6.10 Å². The first-order valence-corrected chi connectivity index (χ1v) is 3.87. The number of phosphoric ester groups is 1. The summed E-state index contributed by atoms with van der Waals surface area (Å²) in [6, 6.07) is 0. The van der Waals surface area contributed by atoms with Crippen LogP contribution in [-0.4, -0.2) is 28.9 Å². The Balaban J connectivity index is -0.000000500. The number of carboxylic acids is 1. The van der Waals surface area contributed by atoms with Crippen molar-refractivity contribution in [1.29, 1.82) is 0 Å². The number of carbonyl (C=O) groups is 1. The second-order valence-corrected chi connectivity index (χ2v) is 2.67. The van der Waals surface area contributed by atoms with Gasteiger partial charge in [0.05, 0.1) is 14.4 Å². The van der Waals surface area contributed by atoms with E-state index in [0.29, 0.717) is 0 Å². The van der Waals surface area contributed by atoms with E-state index in [1.165, 1.54) is 0 Å². The van der Waals surface area contributed by atoms with Gasteiger partial charge >= 0.3 is 65.1 Å². The van der Waals surface area contributed by atoms with E-state index in [1.807, 2.05) is 0 Å². The van der Waals surface area contributed by atoms with E-state index >= 15 is 0 Å². The third-order valence-corrected chi connectivity index (χ3v) is 1.21. The van der Waals surface area contributed by atoms with E-state index in [2.05, 4.69) is 4.52 Å². The molecular weight excluding hydrogens is 225 g/mol. The number of aliphatic hydroxyl groups excluding tert-OH is 1. The summed E-state index contributed by atoms with van der Waals surface area (Å²) in [6.45, 7) is -1.07. The molecule has 2 N–H and O–H groups in total. The standard InChI is InChI=1S/C3H7O7P.2Na/c4-1-2(3(5)6)10-11(7,8)9;;/h2,4H,1H2,(H,5,6)(H2,7,8,9);;/q;2*+1/p-2/t2-;;/m1../s1. The molecule has 0 aromatic rings. The average molecular weight is 230 g/mol. The number of rotatable bonds is 4. The second-order valence-electron chi connectivity index (χ2n) is 1.56. The van der Waals surface area contributed by atoms with Crippen LogP contribution in [0, 0.1) is 0 Å². The van der Waals surface area contributed by atoms with Crippen LogP contribution in [0.5, 0.6) is 0 Å². The van der Waals surface area contributed by atoms with Crippen LogP contribution in [0.4, 0.5) is 0 Å². The monoisotopic (exact) mass is 230 g/mol. The summed E-state index contributed by atoms with van der Waals surface area (Å²) in [5.41, 5.74) is 0. The van der Waals surface area contributed by atoms with Gasteiger partial charge in [-0.3, -0.25) is 0 Å². The van der Waals surface area contributed by atoms with Crippen LogP contribution in [-0.2, 0) is 13.9 Å². The third kappa shape index (κ3) is 11.5. The Hall–Kier alpha value is 1.54. The summed E-state index contributed by atoms with van der Waals surface area (Å²) in [6.07, 6.45) is -2.00. The Bertz CT molecular complexity index is 190. The fraction of sp³-hybridized carbons (Fsp3) is 0.667. The smallest absolute Gasteiger partial charge is 0.790 e. The van der Waals surface area contributed by atoms with Crippen LogP contribution in [0.3, 0.4) is 0 Å². The first-order chi connectivity index (χ1) is 4.87. The van der Waals surface area contributed by atoms with Gasteiger partial charge in [-0.25, -0.2) is 4.79 Å². The molecule has 0 fully saturated rings. The molecule has 0 saturated carbocycles. The molecule has 0 spiro atoms. The SMILES string of the molecule is O=C(O)[C@@H](CO)OP(=O)([O-])[O-].[Na+].[Na+]. The zero-order valence-electron chi connectivity index (χ0n) is 7.17. The summed E-state index contributed by atoms with van der Waals surface area (Å²) < 4.78 is 13.2. The molecule has 0 aliphatic rings. The molecule has 1 atom stereocenters. The van der Waals surface area contributed by atoms with E-state index in [0.717, 1.165) is 0 Å². The molecule has 0 aliphatic carbocycles. The van der Waals surface area contributed by atoms with Gasteiger partial charge in [0.2, 0.25) is 0 Å². The van der Waals surface area contributed by atoms with Crippen LogP contribution in [0.15, 0.2) is 0 Å². The van der Waals surface area contributed by atoms with Gasteiger partial charge in [-0.1, -0.05) is 0 Å².